The van der Waals surface area contributed by atoms with Crippen LogP contribution in [0, 0.1) is 5.92 Å². The lowest BCUT2D eigenvalue weighted by molar-refractivity contribution is -0.149. The Morgan fingerprint density at radius 1 is 1.31 bits per heavy atom. The lowest BCUT2D eigenvalue weighted by atomic mass is 10.1. The Balaban J connectivity index is 2.48. The summed E-state index contributed by atoms with van der Waals surface area (Å²) in [5.41, 5.74) is 0. The number of nitrogens with zero attached hydrogens (tertiary/aromatic N) is 1. The summed E-state index contributed by atoms with van der Waals surface area (Å²) < 4.78 is 0. The van der Waals surface area contributed by atoms with E-state index in [2.05, 4.69) is 0 Å². The molecule has 5 nitrogen and oxygen atoms in total. The van der Waals surface area contributed by atoms with Gasteiger partial charge in [0.1, 0.15) is 6.04 Å². The van der Waals surface area contributed by atoms with E-state index in [1.165, 1.54) is 12.8 Å². The van der Waals surface area contributed by atoms with Crippen molar-refractivity contribution < 1.29 is 19.8 Å². The van der Waals surface area contributed by atoms with E-state index >= 15 is 0 Å². The Bertz CT molecular complexity index is 261. The van der Waals surface area contributed by atoms with Gasteiger partial charge in [0.05, 0.1) is 6.42 Å². The summed E-state index contributed by atoms with van der Waals surface area (Å²) in [6.45, 7) is 0.685. The summed E-state index contributed by atoms with van der Waals surface area (Å²) >= 11 is 0. The summed E-state index contributed by atoms with van der Waals surface area (Å²) in [4.78, 5) is 23.2. The zero-order chi connectivity index (χ0) is 12.1. The maximum atomic E-state index is 10.9. The third kappa shape index (κ3) is 3.81. The molecule has 1 rings (SSSR count). The molecule has 0 aliphatic heterocycles. The van der Waals surface area contributed by atoms with Crippen LogP contribution in [0.4, 0.5) is 0 Å². The van der Waals surface area contributed by atoms with Gasteiger partial charge >= 0.3 is 11.9 Å². The van der Waals surface area contributed by atoms with Crippen LogP contribution in [-0.2, 0) is 9.59 Å². The molecule has 92 valence electrons. The quantitative estimate of drug-likeness (QED) is 0.711. The average Bonchev–Trinajstić information content (AvgIpc) is 2.65. The minimum atomic E-state index is -1.06. The number of likely N-dealkylation sites (N-methyl/N-ethyl adjacent to an activating group) is 1. The maximum absolute atomic E-state index is 10.9. The van der Waals surface area contributed by atoms with Crippen molar-refractivity contribution in [1.29, 1.82) is 0 Å². The SMILES string of the molecule is CN(CC1CCCC1)C(CC(=O)O)C(=O)O. The molecule has 0 heterocycles. The van der Waals surface area contributed by atoms with Gasteiger partial charge < -0.3 is 10.2 Å². The third-order valence-corrected chi connectivity index (χ3v) is 3.21. The molecule has 1 unspecified atom stereocenters. The van der Waals surface area contributed by atoms with Crippen molar-refractivity contribution in [1.82, 2.24) is 4.90 Å². The summed E-state index contributed by atoms with van der Waals surface area (Å²) in [5, 5.41) is 17.6. The molecule has 1 aliphatic rings. The standard InChI is InChI=1S/C11H19NO4/c1-12(7-8-4-2-3-5-8)9(11(15)16)6-10(13)14/h8-9H,2-7H2,1H3,(H,13,14)(H,15,16). The Kier molecular flexibility index (Phi) is 4.73. The van der Waals surface area contributed by atoms with Gasteiger partial charge in [-0.1, -0.05) is 12.8 Å². The molecular formula is C11H19NO4. The van der Waals surface area contributed by atoms with Gasteiger partial charge in [-0.15, -0.1) is 0 Å². The first-order chi connectivity index (χ1) is 7.50. The van der Waals surface area contributed by atoms with Crippen molar-refractivity contribution >= 4 is 11.9 Å². The van der Waals surface area contributed by atoms with Gasteiger partial charge in [-0.25, -0.2) is 0 Å². The van der Waals surface area contributed by atoms with E-state index in [9.17, 15) is 9.59 Å². The largest absolute Gasteiger partial charge is 0.481 e. The number of hydrogen-bond acceptors (Lipinski definition) is 3. The predicted molar refractivity (Wildman–Crippen MR) is 58.3 cm³/mol. The van der Waals surface area contributed by atoms with Gasteiger partial charge in [-0.3, -0.25) is 14.5 Å². The monoisotopic (exact) mass is 229 g/mol. The first-order valence-electron chi connectivity index (χ1n) is 5.65. The highest BCUT2D eigenvalue weighted by Gasteiger charge is 2.28. The van der Waals surface area contributed by atoms with E-state index in [1.54, 1.807) is 11.9 Å². The lowest BCUT2D eigenvalue weighted by Gasteiger charge is -2.26. The molecule has 1 aliphatic carbocycles. The van der Waals surface area contributed by atoms with Crippen LogP contribution in [-0.4, -0.2) is 46.7 Å². The molecule has 0 saturated heterocycles. The van der Waals surface area contributed by atoms with Crippen molar-refractivity contribution in [2.75, 3.05) is 13.6 Å². The van der Waals surface area contributed by atoms with Crippen LogP contribution in [0.3, 0.4) is 0 Å². The molecule has 0 aromatic heterocycles. The molecular weight excluding hydrogens is 210 g/mol. The van der Waals surface area contributed by atoms with Crippen molar-refractivity contribution in [2.45, 2.75) is 38.1 Å². The van der Waals surface area contributed by atoms with E-state index < -0.39 is 18.0 Å². The van der Waals surface area contributed by atoms with Crippen LogP contribution in [0.2, 0.25) is 0 Å². The molecule has 5 heteroatoms. The number of carboxylic acids is 2. The van der Waals surface area contributed by atoms with Crippen LogP contribution in [0.1, 0.15) is 32.1 Å². The molecule has 1 atom stereocenters. The average molecular weight is 229 g/mol. The second-order valence-electron chi connectivity index (χ2n) is 4.54. The Morgan fingerprint density at radius 3 is 2.31 bits per heavy atom. The van der Waals surface area contributed by atoms with Crippen LogP contribution in [0.5, 0.6) is 0 Å². The topological polar surface area (TPSA) is 77.8 Å². The van der Waals surface area contributed by atoms with Crippen molar-refractivity contribution in [2.24, 2.45) is 5.92 Å². The Morgan fingerprint density at radius 2 is 1.88 bits per heavy atom. The lowest BCUT2D eigenvalue weighted by Crippen LogP contribution is -2.42. The molecule has 16 heavy (non-hydrogen) atoms. The van der Waals surface area contributed by atoms with Gasteiger partial charge in [0.2, 0.25) is 0 Å². The highest BCUT2D eigenvalue weighted by molar-refractivity contribution is 5.80. The van der Waals surface area contributed by atoms with Crippen LogP contribution in [0.15, 0.2) is 0 Å². The van der Waals surface area contributed by atoms with E-state index in [0.29, 0.717) is 12.5 Å². The smallest absolute Gasteiger partial charge is 0.321 e. The summed E-state index contributed by atoms with van der Waals surface area (Å²) in [6.07, 6.45) is 4.33. The molecule has 0 aromatic rings. The van der Waals surface area contributed by atoms with Crippen LogP contribution in [0.25, 0.3) is 0 Å². The molecule has 0 bridgehead atoms. The van der Waals surface area contributed by atoms with Gasteiger partial charge in [0, 0.05) is 6.54 Å². The molecule has 0 radical (unpaired) electrons. The highest BCUT2D eigenvalue weighted by Crippen LogP contribution is 2.25. The first kappa shape index (κ1) is 13.0. The number of hydrogen-bond donors (Lipinski definition) is 2. The molecule has 0 spiro atoms. The maximum Gasteiger partial charge on any atom is 0.321 e. The Hall–Kier alpha value is -1.10. The van der Waals surface area contributed by atoms with E-state index in [0.717, 1.165) is 12.8 Å². The van der Waals surface area contributed by atoms with Gasteiger partial charge in [0.25, 0.3) is 0 Å². The van der Waals surface area contributed by atoms with Crippen LogP contribution >= 0.6 is 0 Å². The fraction of sp³-hybridized carbons (Fsp3) is 0.818. The fourth-order valence-corrected chi connectivity index (χ4v) is 2.32. The first-order valence-corrected chi connectivity index (χ1v) is 5.65. The summed E-state index contributed by atoms with van der Waals surface area (Å²) in [5.74, 6) is -1.59. The number of carboxylic acid groups (broad SMARTS) is 2. The molecule has 2 N–H and O–H groups in total. The highest BCUT2D eigenvalue weighted by atomic mass is 16.4. The van der Waals surface area contributed by atoms with E-state index in [4.69, 9.17) is 10.2 Å². The van der Waals surface area contributed by atoms with Gasteiger partial charge in [0.15, 0.2) is 0 Å². The molecule has 1 saturated carbocycles. The zero-order valence-electron chi connectivity index (χ0n) is 9.56. The minimum absolute atomic E-state index is 0.335. The second kappa shape index (κ2) is 5.84. The summed E-state index contributed by atoms with van der Waals surface area (Å²) in [7, 11) is 1.69. The van der Waals surface area contributed by atoms with Crippen molar-refractivity contribution in [3.63, 3.8) is 0 Å². The fourth-order valence-electron chi connectivity index (χ4n) is 2.32. The van der Waals surface area contributed by atoms with Crippen molar-refractivity contribution in [3.05, 3.63) is 0 Å². The zero-order valence-corrected chi connectivity index (χ0v) is 9.56. The minimum Gasteiger partial charge on any atom is -0.481 e. The second-order valence-corrected chi connectivity index (χ2v) is 4.54. The number of rotatable bonds is 6. The van der Waals surface area contributed by atoms with Gasteiger partial charge in [-0.2, -0.15) is 0 Å². The predicted octanol–water partition coefficient (Wildman–Crippen LogP) is 1.04. The van der Waals surface area contributed by atoms with Crippen molar-refractivity contribution in [3.8, 4) is 0 Å². The Labute approximate surface area is 95.1 Å². The normalized spacial score (nSPS) is 18.9. The van der Waals surface area contributed by atoms with Crippen LogP contribution < -0.4 is 0 Å². The summed E-state index contributed by atoms with van der Waals surface area (Å²) in [6, 6.07) is -0.905. The van der Waals surface area contributed by atoms with E-state index in [-0.39, 0.29) is 6.42 Å². The van der Waals surface area contributed by atoms with E-state index in [1.807, 2.05) is 0 Å². The molecule has 0 aromatic carbocycles. The molecule has 1 fully saturated rings. The third-order valence-electron chi connectivity index (χ3n) is 3.21. The number of carbonyl (C=O) groups is 2. The molecule has 0 amide bonds. The van der Waals surface area contributed by atoms with Gasteiger partial charge in [-0.05, 0) is 25.8 Å². The number of aliphatic carboxylic acids is 2.